The highest BCUT2D eigenvalue weighted by Gasteiger charge is 2.31. The van der Waals surface area contributed by atoms with Crippen LogP contribution in [0.2, 0.25) is 0 Å². The molecule has 92 valence electrons. The van der Waals surface area contributed by atoms with E-state index in [9.17, 15) is 13.6 Å². The quantitative estimate of drug-likeness (QED) is 0.807. The highest BCUT2D eigenvalue weighted by molar-refractivity contribution is 5.68. The molecule has 17 heavy (non-hydrogen) atoms. The average molecular weight is 242 g/mol. The summed E-state index contributed by atoms with van der Waals surface area (Å²) in [4.78, 5) is 10.3. The van der Waals surface area contributed by atoms with Crippen molar-refractivity contribution in [2.45, 2.75) is 12.8 Å². The molecule has 0 heterocycles. The molecule has 1 aromatic rings. The smallest absolute Gasteiger partial charge is 0.341 e. The van der Waals surface area contributed by atoms with E-state index in [2.05, 4.69) is 0 Å². The molecule has 0 aliphatic rings. The molecule has 5 heteroatoms. The van der Waals surface area contributed by atoms with Gasteiger partial charge in [-0.2, -0.15) is 8.78 Å². The second-order valence-corrected chi connectivity index (χ2v) is 3.30. The number of ether oxygens (including phenoxy) is 1. The SMILES string of the molecule is CC=CC(F)(F)c1ccccc1OCC(=O)O. The molecule has 3 nitrogen and oxygen atoms in total. The number of hydrogen-bond acceptors (Lipinski definition) is 2. The van der Waals surface area contributed by atoms with Crippen molar-refractivity contribution in [2.24, 2.45) is 0 Å². The van der Waals surface area contributed by atoms with Gasteiger partial charge in [-0.3, -0.25) is 0 Å². The minimum atomic E-state index is -3.18. The van der Waals surface area contributed by atoms with Gasteiger partial charge in [-0.15, -0.1) is 0 Å². The second-order valence-electron chi connectivity index (χ2n) is 3.30. The summed E-state index contributed by atoms with van der Waals surface area (Å²) in [5.41, 5.74) is -0.348. The van der Waals surface area contributed by atoms with Crippen LogP contribution in [0.4, 0.5) is 8.78 Å². The van der Waals surface area contributed by atoms with Crippen molar-refractivity contribution in [3.63, 3.8) is 0 Å². The normalized spacial score (nSPS) is 11.7. The molecular formula is C12H12F2O3. The minimum absolute atomic E-state index is 0.127. The Morgan fingerprint density at radius 1 is 1.47 bits per heavy atom. The van der Waals surface area contributed by atoms with Crippen molar-refractivity contribution in [1.82, 2.24) is 0 Å². The fraction of sp³-hybridized carbons (Fsp3) is 0.250. The Kier molecular flexibility index (Phi) is 4.20. The van der Waals surface area contributed by atoms with Gasteiger partial charge in [0, 0.05) is 0 Å². The second kappa shape index (κ2) is 5.43. The number of para-hydroxylation sites is 1. The van der Waals surface area contributed by atoms with E-state index in [4.69, 9.17) is 9.84 Å². The molecule has 0 saturated carbocycles. The van der Waals surface area contributed by atoms with E-state index in [1.165, 1.54) is 37.3 Å². The number of allylic oxidation sites excluding steroid dienone is 2. The van der Waals surface area contributed by atoms with Gasteiger partial charge in [-0.1, -0.05) is 18.2 Å². The highest BCUT2D eigenvalue weighted by atomic mass is 19.3. The van der Waals surface area contributed by atoms with Crippen LogP contribution in [0.1, 0.15) is 12.5 Å². The van der Waals surface area contributed by atoms with Crippen LogP contribution in [0.5, 0.6) is 5.75 Å². The Labute approximate surface area is 97.3 Å². The first-order valence-electron chi connectivity index (χ1n) is 4.93. The fourth-order valence-electron chi connectivity index (χ4n) is 1.31. The van der Waals surface area contributed by atoms with Gasteiger partial charge in [0.05, 0.1) is 5.56 Å². The Hall–Kier alpha value is -1.91. The van der Waals surface area contributed by atoms with Gasteiger partial charge < -0.3 is 9.84 Å². The van der Waals surface area contributed by atoms with Crippen LogP contribution in [-0.2, 0) is 10.7 Å². The maximum Gasteiger partial charge on any atom is 0.341 e. The number of carbonyl (C=O) groups is 1. The van der Waals surface area contributed by atoms with Crippen LogP contribution >= 0.6 is 0 Å². The molecule has 0 fully saturated rings. The van der Waals surface area contributed by atoms with Gasteiger partial charge in [0.15, 0.2) is 6.61 Å². The van der Waals surface area contributed by atoms with Crippen LogP contribution in [0.15, 0.2) is 36.4 Å². The Morgan fingerprint density at radius 2 is 2.12 bits per heavy atom. The Bertz CT molecular complexity index is 428. The monoisotopic (exact) mass is 242 g/mol. The van der Waals surface area contributed by atoms with Crippen LogP contribution in [0.3, 0.4) is 0 Å². The predicted molar refractivity (Wildman–Crippen MR) is 58.3 cm³/mol. The van der Waals surface area contributed by atoms with E-state index in [1.54, 1.807) is 0 Å². The van der Waals surface area contributed by atoms with Crippen molar-refractivity contribution in [3.05, 3.63) is 42.0 Å². The van der Waals surface area contributed by atoms with Crippen molar-refractivity contribution < 1.29 is 23.4 Å². The molecule has 1 aromatic carbocycles. The van der Waals surface area contributed by atoms with Gasteiger partial charge in [0.25, 0.3) is 5.92 Å². The predicted octanol–water partition coefficient (Wildman–Crippen LogP) is 2.82. The molecule has 0 aliphatic carbocycles. The maximum absolute atomic E-state index is 13.6. The summed E-state index contributed by atoms with van der Waals surface area (Å²) in [5, 5.41) is 8.45. The van der Waals surface area contributed by atoms with E-state index in [1.807, 2.05) is 0 Å². The maximum atomic E-state index is 13.6. The molecule has 1 rings (SSSR count). The lowest BCUT2D eigenvalue weighted by molar-refractivity contribution is -0.139. The number of carboxylic acids is 1. The molecule has 0 spiro atoms. The van der Waals surface area contributed by atoms with Crippen LogP contribution in [0, 0.1) is 0 Å². The van der Waals surface area contributed by atoms with Crippen LogP contribution < -0.4 is 4.74 Å². The van der Waals surface area contributed by atoms with E-state index in [0.717, 1.165) is 6.08 Å². The molecule has 0 bridgehead atoms. The summed E-state index contributed by atoms with van der Waals surface area (Å²) in [5.74, 6) is -4.52. The zero-order valence-corrected chi connectivity index (χ0v) is 9.19. The lowest BCUT2D eigenvalue weighted by Gasteiger charge is -2.16. The first-order chi connectivity index (χ1) is 7.97. The lowest BCUT2D eigenvalue weighted by Crippen LogP contribution is -2.15. The molecule has 0 aromatic heterocycles. The first-order valence-corrected chi connectivity index (χ1v) is 4.93. The lowest BCUT2D eigenvalue weighted by atomic mass is 10.1. The molecule has 0 unspecified atom stereocenters. The zero-order chi connectivity index (χ0) is 12.9. The standard InChI is InChI=1S/C12H12F2O3/c1-2-7-12(13,14)9-5-3-4-6-10(9)17-8-11(15)16/h2-7H,8H2,1H3,(H,15,16). The third kappa shape index (κ3) is 3.55. The van der Waals surface area contributed by atoms with Gasteiger partial charge in [-0.05, 0) is 25.1 Å². The topological polar surface area (TPSA) is 46.5 Å². The fourth-order valence-corrected chi connectivity index (χ4v) is 1.31. The molecular weight excluding hydrogens is 230 g/mol. The van der Waals surface area contributed by atoms with Crippen LogP contribution in [0.25, 0.3) is 0 Å². The summed E-state index contributed by atoms with van der Waals surface area (Å²) in [7, 11) is 0. The molecule has 0 atom stereocenters. The molecule has 0 amide bonds. The van der Waals surface area contributed by atoms with Crippen LogP contribution in [-0.4, -0.2) is 17.7 Å². The number of hydrogen-bond donors (Lipinski definition) is 1. The number of halogens is 2. The number of carboxylic acid groups (broad SMARTS) is 1. The summed E-state index contributed by atoms with van der Waals surface area (Å²) in [6, 6.07) is 5.47. The minimum Gasteiger partial charge on any atom is -0.481 e. The largest absolute Gasteiger partial charge is 0.481 e. The summed E-state index contributed by atoms with van der Waals surface area (Å²) in [6.07, 6.45) is 1.96. The number of rotatable bonds is 5. The van der Waals surface area contributed by atoms with Crippen molar-refractivity contribution in [2.75, 3.05) is 6.61 Å². The van der Waals surface area contributed by atoms with E-state index in [0.29, 0.717) is 0 Å². The molecule has 0 radical (unpaired) electrons. The molecule has 1 N–H and O–H groups in total. The van der Waals surface area contributed by atoms with Gasteiger partial charge in [-0.25, -0.2) is 4.79 Å². The molecule has 0 saturated heterocycles. The Balaban J connectivity index is 3.03. The number of aliphatic carboxylic acids is 1. The van der Waals surface area contributed by atoms with Crippen molar-refractivity contribution in [1.29, 1.82) is 0 Å². The van der Waals surface area contributed by atoms with E-state index >= 15 is 0 Å². The van der Waals surface area contributed by atoms with Gasteiger partial charge in [0.2, 0.25) is 0 Å². The number of benzene rings is 1. The Morgan fingerprint density at radius 3 is 2.71 bits per heavy atom. The van der Waals surface area contributed by atoms with E-state index < -0.39 is 18.5 Å². The third-order valence-corrected chi connectivity index (χ3v) is 1.97. The average Bonchev–Trinajstić information content (AvgIpc) is 2.26. The third-order valence-electron chi connectivity index (χ3n) is 1.97. The zero-order valence-electron chi connectivity index (χ0n) is 9.19. The van der Waals surface area contributed by atoms with Crippen molar-refractivity contribution >= 4 is 5.97 Å². The highest BCUT2D eigenvalue weighted by Crippen LogP contribution is 2.35. The first kappa shape index (κ1) is 13.2. The van der Waals surface area contributed by atoms with E-state index in [-0.39, 0.29) is 11.3 Å². The summed E-state index contributed by atoms with van der Waals surface area (Å²) in [6.45, 7) is 0.831. The van der Waals surface area contributed by atoms with Gasteiger partial charge >= 0.3 is 5.97 Å². The summed E-state index contributed by atoms with van der Waals surface area (Å²) >= 11 is 0. The van der Waals surface area contributed by atoms with Gasteiger partial charge in [0.1, 0.15) is 5.75 Å². The number of alkyl halides is 2. The van der Waals surface area contributed by atoms with Crippen molar-refractivity contribution in [3.8, 4) is 5.75 Å². The summed E-state index contributed by atoms with van der Waals surface area (Å²) < 4.78 is 32.1. The molecule has 0 aliphatic heterocycles.